The third kappa shape index (κ3) is 4.66. The molecule has 27 heavy (non-hydrogen) atoms. The molecule has 0 atom stereocenters. The quantitative estimate of drug-likeness (QED) is 0.838. The van der Waals surface area contributed by atoms with Crippen molar-refractivity contribution in [3.63, 3.8) is 0 Å². The van der Waals surface area contributed by atoms with Crippen molar-refractivity contribution < 1.29 is 14.3 Å². The van der Waals surface area contributed by atoms with Crippen molar-refractivity contribution in [1.82, 2.24) is 0 Å². The van der Waals surface area contributed by atoms with Crippen LogP contribution in [0.3, 0.4) is 0 Å². The summed E-state index contributed by atoms with van der Waals surface area (Å²) >= 11 is 6.26. The summed E-state index contributed by atoms with van der Waals surface area (Å²) in [5.41, 5.74) is 2.85. The maximum Gasteiger partial charge on any atom is 0.243 e. The number of amides is 1. The van der Waals surface area contributed by atoms with Crippen LogP contribution in [0.15, 0.2) is 36.4 Å². The summed E-state index contributed by atoms with van der Waals surface area (Å²) in [7, 11) is 1.89. The lowest BCUT2D eigenvalue weighted by molar-refractivity contribution is -0.114. The molecule has 0 fully saturated rings. The summed E-state index contributed by atoms with van der Waals surface area (Å²) in [6.07, 6.45) is 0. The van der Waals surface area contributed by atoms with Gasteiger partial charge in [0.05, 0.1) is 17.3 Å². The summed E-state index contributed by atoms with van der Waals surface area (Å²) in [5.74, 6) is 1.03. The first-order chi connectivity index (χ1) is 12.7. The Balaban J connectivity index is 1.65. The molecular weight excluding hydrogens is 364 g/mol. The van der Waals surface area contributed by atoms with Gasteiger partial charge in [0, 0.05) is 24.9 Å². The number of nitrogens with zero attached hydrogens (tertiary/aromatic N) is 1. The normalized spacial score (nSPS) is 13.2. The second-order valence-electron chi connectivity index (χ2n) is 7.68. The molecule has 6 heteroatoms. The number of carbonyl (C=O) groups is 1. The lowest BCUT2D eigenvalue weighted by Gasteiger charge is -2.23. The van der Waals surface area contributed by atoms with Crippen molar-refractivity contribution in [2.45, 2.75) is 26.2 Å². The summed E-state index contributed by atoms with van der Waals surface area (Å²) in [4.78, 5) is 14.4. The number of ether oxygens (including phenoxy) is 2. The molecule has 0 saturated heterocycles. The van der Waals surface area contributed by atoms with E-state index in [4.69, 9.17) is 21.1 Å². The Morgan fingerprint density at radius 1 is 1.11 bits per heavy atom. The van der Waals surface area contributed by atoms with Crippen molar-refractivity contribution in [1.29, 1.82) is 0 Å². The van der Waals surface area contributed by atoms with Gasteiger partial charge < -0.3 is 19.7 Å². The van der Waals surface area contributed by atoms with Crippen LogP contribution < -0.4 is 19.7 Å². The molecule has 0 saturated carbocycles. The molecule has 2 aromatic rings. The number of rotatable bonds is 4. The molecule has 0 aromatic heterocycles. The third-order valence-corrected chi connectivity index (χ3v) is 4.77. The Morgan fingerprint density at radius 2 is 1.70 bits per heavy atom. The van der Waals surface area contributed by atoms with E-state index in [9.17, 15) is 4.79 Å². The molecule has 0 spiro atoms. The Morgan fingerprint density at radius 3 is 2.30 bits per heavy atom. The van der Waals surface area contributed by atoms with Crippen LogP contribution >= 0.6 is 11.6 Å². The maximum atomic E-state index is 12.5. The number of fused-ring (bicyclic) bond motifs is 1. The standard InChI is InChI=1S/C21H25ClN2O3/c1-21(2,3)14-5-7-15(8-6-14)24(4)13-20(25)23-17-12-19-18(11-16(17)22)26-9-10-27-19/h5-8,11-12H,9-10,13H2,1-4H3,(H,23,25). The smallest absolute Gasteiger partial charge is 0.243 e. The molecule has 0 aliphatic carbocycles. The highest BCUT2D eigenvalue weighted by atomic mass is 35.5. The van der Waals surface area contributed by atoms with Gasteiger partial charge in [0.25, 0.3) is 0 Å². The Bertz CT molecular complexity index is 829. The van der Waals surface area contributed by atoms with E-state index in [1.807, 2.05) is 24.1 Å². The predicted octanol–water partition coefficient (Wildman–Crippen LogP) is 4.48. The lowest BCUT2D eigenvalue weighted by atomic mass is 9.87. The molecule has 0 unspecified atom stereocenters. The minimum atomic E-state index is -0.157. The van der Waals surface area contributed by atoms with Gasteiger partial charge in [-0.15, -0.1) is 0 Å². The largest absolute Gasteiger partial charge is 0.486 e. The molecule has 2 aromatic carbocycles. The number of carbonyl (C=O) groups excluding carboxylic acids is 1. The zero-order valence-electron chi connectivity index (χ0n) is 16.1. The fourth-order valence-corrected chi connectivity index (χ4v) is 3.07. The van der Waals surface area contributed by atoms with Gasteiger partial charge in [0.1, 0.15) is 13.2 Å². The van der Waals surface area contributed by atoms with Crippen molar-refractivity contribution in [2.75, 3.05) is 37.0 Å². The van der Waals surface area contributed by atoms with Crippen LogP contribution in [0.5, 0.6) is 11.5 Å². The van der Waals surface area contributed by atoms with Crippen LogP contribution in [0, 0.1) is 0 Å². The van der Waals surface area contributed by atoms with Crippen LogP contribution in [0.4, 0.5) is 11.4 Å². The van der Waals surface area contributed by atoms with E-state index >= 15 is 0 Å². The minimum Gasteiger partial charge on any atom is -0.486 e. The van der Waals surface area contributed by atoms with Gasteiger partial charge in [-0.05, 0) is 23.1 Å². The van der Waals surface area contributed by atoms with E-state index in [1.165, 1.54) is 5.56 Å². The third-order valence-electron chi connectivity index (χ3n) is 4.46. The van der Waals surface area contributed by atoms with Gasteiger partial charge >= 0.3 is 0 Å². The van der Waals surface area contributed by atoms with Crippen molar-refractivity contribution in [3.8, 4) is 11.5 Å². The van der Waals surface area contributed by atoms with Crippen molar-refractivity contribution >= 4 is 28.9 Å². The van der Waals surface area contributed by atoms with Crippen LogP contribution in [-0.2, 0) is 10.2 Å². The van der Waals surface area contributed by atoms with Crippen LogP contribution in [0.25, 0.3) is 0 Å². The monoisotopic (exact) mass is 388 g/mol. The molecule has 3 rings (SSSR count). The average Bonchev–Trinajstić information content (AvgIpc) is 2.61. The number of anilines is 2. The molecule has 1 heterocycles. The molecule has 144 valence electrons. The second kappa shape index (κ2) is 7.69. The molecule has 1 aliphatic rings. The fraction of sp³-hybridized carbons (Fsp3) is 0.381. The molecule has 5 nitrogen and oxygen atoms in total. The van der Waals surface area contributed by atoms with Crippen LogP contribution in [0.2, 0.25) is 5.02 Å². The minimum absolute atomic E-state index is 0.101. The lowest BCUT2D eigenvalue weighted by Crippen LogP contribution is -2.30. The Kier molecular flexibility index (Phi) is 5.51. The topological polar surface area (TPSA) is 50.8 Å². The highest BCUT2D eigenvalue weighted by Crippen LogP contribution is 2.38. The van der Waals surface area contributed by atoms with Crippen LogP contribution in [-0.4, -0.2) is 32.7 Å². The predicted molar refractivity (Wildman–Crippen MR) is 109 cm³/mol. The van der Waals surface area contributed by atoms with Crippen molar-refractivity contribution in [3.05, 3.63) is 47.0 Å². The summed E-state index contributed by atoms with van der Waals surface area (Å²) < 4.78 is 11.0. The number of benzene rings is 2. The number of likely N-dealkylation sites (N-methyl/N-ethyl adjacent to an activating group) is 1. The number of hydrogen-bond donors (Lipinski definition) is 1. The summed E-state index contributed by atoms with van der Waals surface area (Å²) in [6, 6.07) is 11.6. The SMILES string of the molecule is CN(CC(=O)Nc1cc2c(cc1Cl)OCCO2)c1ccc(C(C)(C)C)cc1. The van der Waals surface area contributed by atoms with E-state index in [0.717, 1.165) is 5.69 Å². The van der Waals surface area contributed by atoms with E-state index in [1.54, 1.807) is 12.1 Å². The van der Waals surface area contributed by atoms with Gasteiger partial charge in [0.2, 0.25) is 5.91 Å². The summed E-state index contributed by atoms with van der Waals surface area (Å²) in [6.45, 7) is 7.71. The molecular formula is C21H25ClN2O3. The van der Waals surface area contributed by atoms with Crippen LogP contribution in [0.1, 0.15) is 26.3 Å². The number of nitrogens with one attached hydrogen (secondary N) is 1. The molecule has 1 aliphatic heterocycles. The average molecular weight is 389 g/mol. The van der Waals surface area contributed by atoms with Gasteiger partial charge in [-0.1, -0.05) is 44.5 Å². The fourth-order valence-electron chi connectivity index (χ4n) is 2.87. The van der Waals surface area contributed by atoms with E-state index in [-0.39, 0.29) is 17.9 Å². The van der Waals surface area contributed by atoms with Crippen molar-refractivity contribution in [2.24, 2.45) is 0 Å². The van der Waals surface area contributed by atoms with Gasteiger partial charge in [-0.25, -0.2) is 0 Å². The highest BCUT2D eigenvalue weighted by molar-refractivity contribution is 6.34. The van der Waals surface area contributed by atoms with E-state index < -0.39 is 0 Å². The zero-order valence-corrected chi connectivity index (χ0v) is 16.9. The Hall–Kier alpha value is -2.40. The van der Waals surface area contributed by atoms with E-state index in [0.29, 0.717) is 35.4 Å². The zero-order chi connectivity index (χ0) is 19.6. The Labute approximate surface area is 165 Å². The maximum absolute atomic E-state index is 12.5. The van der Waals surface area contributed by atoms with Gasteiger partial charge in [0.15, 0.2) is 11.5 Å². The first-order valence-electron chi connectivity index (χ1n) is 8.95. The molecule has 1 N–H and O–H groups in total. The molecule has 0 radical (unpaired) electrons. The summed E-state index contributed by atoms with van der Waals surface area (Å²) in [5, 5.41) is 3.27. The molecule has 1 amide bonds. The highest BCUT2D eigenvalue weighted by Gasteiger charge is 2.18. The van der Waals surface area contributed by atoms with E-state index in [2.05, 4.69) is 38.2 Å². The number of hydrogen-bond acceptors (Lipinski definition) is 4. The first kappa shape index (κ1) is 19.4. The first-order valence-corrected chi connectivity index (χ1v) is 9.32. The number of halogens is 1. The van der Waals surface area contributed by atoms with Gasteiger partial charge in [-0.3, -0.25) is 4.79 Å². The second-order valence-corrected chi connectivity index (χ2v) is 8.08. The van der Waals surface area contributed by atoms with Gasteiger partial charge in [-0.2, -0.15) is 0 Å². The molecule has 0 bridgehead atoms.